The molecule has 3 amide bonds. The molecule has 0 aliphatic carbocycles. The fraction of sp³-hybridized carbons (Fsp3) is 0.357. The third-order valence-corrected chi connectivity index (χ3v) is 6.88. The largest absolute Gasteiger partial charge is 0.494 e. The van der Waals surface area contributed by atoms with Crippen molar-refractivity contribution in [2.75, 3.05) is 23.8 Å². The molecular weight excluding hydrogens is 502 g/mol. The number of aryl methyl sites for hydroxylation is 1. The molecule has 1 aromatic heterocycles. The summed E-state index contributed by atoms with van der Waals surface area (Å²) in [6.07, 6.45) is 1.60. The van der Waals surface area contributed by atoms with Crippen LogP contribution in [0.3, 0.4) is 0 Å². The average Bonchev–Trinajstić information content (AvgIpc) is 3.29. The van der Waals surface area contributed by atoms with E-state index < -0.39 is 17.9 Å². The Labute approximate surface area is 227 Å². The summed E-state index contributed by atoms with van der Waals surface area (Å²) in [6, 6.07) is 13.4. The van der Waals surface area contributed by atoms with Crippen LogP contribution in [0.25, 0.3) is 0 Å². The Morgan fingerprint density at radius 2 is 1.71 bits per heavy atom. The zero-order chi connectivity index (χ0) is 27.8. The Morgan fingerprint density at radius 1 is 1.05 bits per heavy atom. The molecule has 1 atom stereocenters. The third kappa shape index (κ3) is 6.69. The molecule has 0 aliphatic heterocycles. The number of hydrogen-bond donors (Lipinski definition) is 3. The van der Waals surface area contributed by atoms with Crippen LogP contribution in [-0.2, 0) is 11.2 Å². The van der Waals surface area contributed by atoms with Crippen LogP contribution in [0.15, 0.2) is 48.5 Å². The lowest BCUT2D eigenvalue weighted by Gasteiger charge is -2.31. The summed E-state index contributed by atoms with van der Waals surface area (Å²) in [7, 11) is 0. The predicted molar refractivity (Wildman–Crippen MR) is 150 cm³/mol. The molecule has 0 spiro atoms. The molecule has 0 radical (unpaired) electrons. The number of aromatic nitrogens is 1. The van der Waals surface area contributed by atoms with E-state index in [1.54, 1.807) is 36.4 Å². The second kappa shape index (κ2) is 13.0. The number of nitrogens with two attached hydrogens (primary N) is 2. The Balaban J connectivity index is 2.15. The highest BCUT2D eigenvalue weighted by molar-refractivity contribution is 7.09. The van der Waals surface area contributed by atoms with E-state index in [9.17, 15) is 14.4 Å². The first-order valence-electron chi connectivity index (χ1n) is 12.7. The maximum Gasteiger partial charge on any atom is 0.273 e. The Hall–Kier alpha value is -3.92. The third-order valence-electron chi connectivity index (χ3n) is 6.03. The van der Waals surface area contributed by atoms with Gasteiger partial charge >= 0.3 is 0 Å². The molecule has 3 rings (SSSR count). The molecule has 0 aliphatic rings. The molecule has 0 saturated carbocycles. The zero-order valence-electron chi connectivity index (χ0n) is 22.2. The molecule has 2 aromatic carbocycles. The Kier molecular flexibility index (Phi) is 9.84. The fourth-order valence-electron chi connectivity index (χ4n) is 3.93. The molecule has 0 saturated heterocycles. The number of nitrogens with zero attached hydrogens (tertiary/aromatic N) is 2. The minimum absolute atomic E-state index is 0.0317. The van der Waals surface area contributed by atoms with E-state index in [-0.39, 0.29) is 22.2 Å². The Morgan fingerprint density at radius 3 is 2.24 bits per heavy atom. The summed E-state index contributed by atoms with van der Waals surface area (Å²) >= 11 is 0.780. The van der Waals surface area contributed by atoms with Crippen LogP contribution in [0.5, 0.6) is 5.75 Å². The average molecular weight is 538 g/mol. The van der Waals surface area contributed by atoms with E-state index in [0.717, 1.165) is 29.9 Å². The summed E-state index contributed by atoms with van der Waals surface area (Å²) in [5, 5.41) is 2.99. The lowest BCUT2D eigenvalue weighted by Crippen LogP contribution is -2.44. The van der Waals surface area contributed by atoms with Gasteiger partial charge in [0.05, 0.1) is 12.3 Å². The lowest BCUT2D eigenvalue weighted by atomic mass is 10.0. The highest BCUT2D eigenvalue weighted by atomic mass is 32.1. The number of ether oxygens (including phenoxy) is 1. The van der Waals surface area contributed by atoms with Gasteiger partial charge < -0.3 is 21.5 Å². The van der Waals surface area contributed by atoms with Crippen LogP contribution in [0, 0.1) is 5.92 Å². The number of carbonyl (C=O) groups excluding carboxylic acids is 3. The van der Waals surface area contributed by atoms with E-state index in [1.165, 1.54) is 4.90 Å². The normalized spacial score (nSPS) is 11.7. The highest BCUT2D eigenvalue weighted by Crippen LogP contribution is 2.34. The SMILES string of the molecule is CCOc1ccc([C@@H](C(=O)NCCC(C)C)N(C(=O)c2snc(C(N)=O)c2N)c2ccc(CC)cc2)cc1. The number of hydrogen-bond acceptors (Lipinski definition) is 7. The van der Waals surface area contributed by atoms with Crippen molar-refractivity contribution in [1.29, 1.82) is 0 Å². The maximum atomic E-state index is 14.1. The van der Waals surface area contributed by atoms with Gasteiger partial charge in [0, 0.05) is 12.2 Å². The number of nitrogens with one attached hydrogen (secondary N) is 1. The van der Waals surface area contributed by atoms with Crippen molar-refractivity contribution in [3.63, 3.8) is 0 Å². The van der Waals surface area contributed by atoms with Gasteiger partial charge in [0.2, 0.25) is 5.91 Å². The van der Waals surface area contributed by atoms with Gasteiger partial charge in [0.1, 0.15) is 16.7 Å². The zero-order valence-corrected chi connectivity index (χ0v) is 23.0. The maximum absolute atomic E-state index is 14.1. The first kappa shape index (κ1) is 28.6. The minimum atomic E-state index is -1.03. The van der Waals surface area contributed by atoms with Crippen molar-refractivity contribution in [3.05, 3.63) is 70.2 Å². The molecule has 38 heavy (non-hydrogen) atoms. The summed E-state index contributed by atoms with van der Waals surface area (Å²) in [5.74, 6) is -0.692. The van der Waals surface area contributed by atoms with Crippen LogP contribution in [0.1, 0.15) is 71.4 Å². The summed E-state index contributed by atoms with van der Waals surface area (Å²) in [4.78, 5) is 41.0. The minimum Gasteiger partial charge on any atom is -0.494 e. The number of rotatable bonds is 12. The predicted octanol–water partition coefficient (Wildman–Crippen LogP) is 4.34. The standard InChI is InChI=1S/C28H35N5O4S/c1-5-18-7-11-20(12-8-18)33(28(36)25-22(29)23(26(30)34)32-38-25)24(27(35)31-16-15-17(3)4)19-9-13-21(14-10-19)37-6-2/h7-14,17,24H,5-6,15-16,29H2,1-4H3,(H2,30,34)(H,31,35)/t24-/m0/s1. The molecule has 202 valence electrons. The van der Waals surface area contributed by atoms with Gasteiger partial charge in [-0.2, -0.15) is 4.37 Å². The van der Waals surface area contributed by atoms with Gasteiger partial charge in [-0.15, -0.1) is 0 Å². The quantitative estimate of drug-likeness (QED) is 0.314. The van der Waals surface area contributed by atoms with Crippen molar-refractivity contribution in [2.45, 2.75) is 46.6 Å². The fourth-order valence-corrected chi connectivity index (χ4v) is 4.67. The van der Waals surface area contributed by atoms with Gasteiger partial charge in [-0.05, 0) is 72.6 Å². The summed E-state index contributed by atoms with van der Waals surface area (Å²) in [6.45, 7) is 9.02. The van der Waals surface area contributed by atoms with Crippen molar-refractivity contribution < 1.29 is 19.1 Å². The number of nitrogen functional groups attached to an aromatic ring is 1. The van der Waals surface area contributed by atoms with Crippen molar-refractivity contribution >= 4 is 40.6 Å². The number of amides is 3. The molecular formula is C28H35N5O4S. The molecule has 0 fully saturated rings. The summed E-state index contributed by atoms with van der Waals surface area (Å²) in [5.41, 5.74) is 13.4. The van der Waals surface area contributed by atoms with Crippen LogP contribution >= 0.6 is 11.5 Å². The van der Waals surface area contributed by atoms with E-state index in [1.807, 2.05) is 26.0 Å². The van der Waals surface area contributed by atoms with Crippen LogP contribution in [-0.4, -0.2) is 35.2 Å². The molecule has 3 aromatic rings. The molecule has 5 N–H and O–H groups in total. The second-order valence-electron chi connectivity index (χ2n) is 9.21. The molecule has 9 nitrogen and oxygen atoms in total. The van der Waals surface area contributed by atoms with E-state index in [2.05, 4.69) is 23.5 Å². The first-order chi connectivity index (χ1) is 18.2. The number of carbonyl (C=O) groups is 3. The van der Waals surface area contributed by atoms with Crippen LogP contribution < -0.4 is 26.4 Å². The van der Waals surface area contributed by atoms with Gasteiger partial charge in [-0.25, -0.2) is 0 Å². The van der Waals surface area contributed by atoms with E-state index in [0.29, 0.717) is 36.1 Å². The van der Waals surface area contributed by atoms with Crippen molar-refractivity contribution in [3.8, 4) is 5.75 Å². The second-order valence-corrected chi connectivity index (χ2v) is 9.98. The van der Waals surface area contributed by atoms with Gasteiger partial charge in [0.15, 0.2) is 5.69 Å². The monoisotopic (exact) mass is 537 g/mol. The number of anilines is 2. The van der Waals surface area contributed by atoms with Crippen molar-refractivity contribution in [1.82, 2.24) is 9.69 Å². The molecule has 0 bridgehead atoms. The lowest BCUT2D eigenvalue weighted by molar-refractivity contribution is -0.122. The van der Waals surface area contributed by atoms with Gasteiger partial charge in [-0.1, -0.05) is 45.0 Å². The molecule has 1 heterocycles. The molecule has 0 unspecified atom stereocenters. The smallest absolute Gasteiger partial charge is 0.273 e. The van der Waals surface area contributed by atoms with Crippen LogP contribution in [0.2, 0.25) is 0 Å². The Bertz CT molecular complexity index is 1260. The topological polar surface area (TPSA) is 141 Å². The van der Waals surface area contributed by atoms with Crippen molar-refractivity contribution in [2.24, 2.45) is 11.7 Å². The first-order valence-corrected chi connectivity index (χ1v) is 13.4. The van der Waals surface area contributed by atoms with Crippen LogP contribution in [0.4, 0.5) is 11.4 Å². The van der Waals surface area contributed by atoms with E-state index in [4.69, 9.17) is 16.2 Å². The molecule has 10 heteroatoms. The van der Waals surface area contributed by atoms with E-state index >= 15 is 0 Å². The highest BCUT2D eigenvalue weighted by Gasteiger charge is 2.36. The van der Waals surface area contributed by atoms with Gasteiger partial charge in [0.25, 0.3) is 11.8 Å². The summed E-state index contributed by atoms with van der Waals surface area (Å²) < 4.78 is 9.57. The number of benzene rings is 2. The van der Waals surface area contributed by atoms with Gasteiger partial charge in [-0.3, -0.25) is 19.3 Å². The number of primary amides is 1.